The van der Waals surface area contributed by atoms with E-state index >= 15 is 0 Å². The first-order valence-corrected chi connectivity index (χ1v) is 10.7. The van der Waals surface area contributed by atoms with Crippen LogP contribution in [-0.2, 0) is 23.1 Å². The number of rotatable bonds is 5. The predicted octanol–water partition coefficient (Wildman–Crippen LogP) is 3.10. The maximum Gasteiger partial charge on any atom is 0.243 e. The van der Waals surface area contributed by atoms with Crippen molar-refractivity contribution in [2.24, 2.45) is 0 Å². The van der Waals surface area contributed by atoms with Crippen LogP contribution in [0.15, 0.2) is 29.2 Å². The molecule has 1 saturated heterocycles. The molecule has 0 unspecified atom stereocenters. The van der Waals surface area contributed by atoms with E-state index in [9.17, 15) is 8.42 Å². The second kappa shape index (κ2) is 8.92. The second-order valence-electron chi connectivity index (χ2n) is 6.60. The van der Waals surface area contributed by atoms with Crippen LogP contribution in [0.25, 0.3) is 0 Å². The molecule has 0 aliphatic carbocycles. The van der Waals surface area contributed by atoms with E-state index in [2.05, 4.69) is 23.8 Å². The molecule has 9 heteroatoms. The van der Waals surface area contributed by atoms with Crippen molar-refractivity contribution in [3.8, 4) is 0 Å². The first kappa shape index (κ1) is 22.2. The third kappa shape index (κ3) is 4.66. The van der Waals surface area contributed by atoms with E-state index in [0.717, 1.165) is 18.8 Å². The van der Waals surface area contributed by atoms with Gasteiger partial charge < -0.3 is 0 Å². The normalized spacial score (nSPS) is 16.3. The summed E-state index contributed by atoms with van der Waals surface area (Å²) in [5, 5.41) is 5.00. The number of aryl methyl sites for hydroxylation is 2. The van der Waals surface area contributed by atoms with Crippen LogP contribution in [0.2, 0.25) is 5.02 Å². The fraction of sp³-hybridized carbons (Fsp3) is 0.500. The Kier molecular flexibility index (Phi) is 7.33. The Morgan fingerprint density at radius 1 is 1.15 bits per heavy atom. The molecule has 1 fully saturated rings. The number of aromatic nitrogens is 2. The van der Waals surface area contributed by atoms with Gasteiger partial charge in [0.25, 0.3) is 0 Å². The van der Waals surface area contributed by atoms with Gasteiger partial charge in [0.2, 0.25) is 10.0 Å². The third-order valence-corrected chi connectivity index (χ3v) is 7.11. The molecule has 0 amide bonds. The summed E-state index contributed by atoms with van der Waals surface area (Å²) in [5.41, 5.74) is 3.50. The monoisotopic (exact) mass is 432 g/mol. The van der Waals surface area contributed by atoms with Crippen LogP contribution in [0.4, 0.5) is 0 Å². The zero-order chi connectivity index (χ0) is 18.9. The predicted molar refractivity (Wildman–Crippen MR) is 110 cm³/mol. The minimum atomic E-state index is -3.49. The van der Waals surface area contributed by atoms with Crippen molar-refractivity contribution < 1.29 is 8.42 Å². The van der Waals surface area contributed by atoms with Crippen LogP contribution in [0, 0.1) is 13.8 Å². The fourth-order valence-corrected chi connectivity index (χ4v) is 5.12. The highest BCUT2D eigenvalue weighted by atomic mass is 35.5. The molecule has 1 aliphatic rings. The van der Waals surface area contributed by atoms with E-state index in [0.29, 0.717) is 31.2 Å². The third-order valence-electron chi connectivity index (χ3n) is 4.98. The largest absolute Gasteiger partial charge is 0.296 e. The number of benzene rings is 1. The summed E-state index contributed by atoms with van der Waals surface area (Å²) in [4.78, 5) is 2.55. The minimum absolute atomic E-state index is 0. The molecule has 0 radical (unpaired) electrons. The van der Waals surface area contributed by atoms with Gasteiger partial charge in [0.15, 0.2) is 0 Å². The fourth-order valence-electron chi connectivity index (χ4n) is 3.40. The van der Waals surface area contributed by atoms with Gasteiger partial charge in [-0.05, 0) is 39.0 Å². The molecule has 2 aromatic rings. The average Bonchev–Trinajstić information content (AvgIpc) is 2.90. The summed E-state index contributed by atoms with van der Waals surface area (Å²) in [6.45, 7) is 10.3. The molecule has 150 valence electrons. The Bertz CT molecular complexity index is 891. The number of sulfonamides is 1. The Morgan fingerprint density at radius 2 is 1.81 bits per heavy atom. The van der Waals surface area contributed by atoms with E-state index in [1.165, 1.54) is 17.3 Å². The van der Waals surface area contributed by atoms with Gasteiger partial charge in [-0.1, -0.05) is 17.7 Å². The standard InChI is InChI=1S/C18H25ClN4O2S.ClH/c1-4-23-15(3)18(14(2)20-23)13-21-8-10-22(11-9-21)26(24,25)17-7-5-6-16(19)12-17;/h5-7,12H,4,8-11,13H2,1-3H3;1H. The zero-order valence-electron chi connectivity index (χ0n) is 15.9. The van der Waals surface area contributed by atoms with Gasteiger partial charge in [0.1, 0.15) is 0 Å². The van der Waals surface area contributed by atoms with E-state index in [-0.39, 0.29) is 17.3 Å². The summed E-state index contributed by atoms with van der Waals surface area (Å²) < 4.78 is 29.1. The maximum atomic E-state index is 12.8. The number of nitrogens with zero attached hydrogens (tertiary/aromatic N) is 4. The lowest BCUT2D eigenvalue weighted by atomic mass is 10.1. The Balaban J connectivity index is 0.00000261. The number of hydrogen-bond donors (Lipinski definition) is 0. The lowest BCUT2D eigenvalue weighted by molar-refractivity contribution is 0.181. The van der Waals surface area contributed by atoms with Gasteiger partial charge >= 0.3 is 0 Å². The summed E-state index contributed by atoms with van der Waals surface area (Å²) in [6.07, 6.45) is 0. The molecule has 0 bridgehead atoms. The molecule has 1 aromatic heterocycles. The molecule has 3 rings (SSSR count). The quantitative estimate of drug-likeness (QED) is 0.727. The van der Waals surface area contributed by atoms with Crippen LogP contribution in [0.1, 0.15) is 23.9 Å². The lowest BCUT2D eigenvalue weighted by Gasteiger charge is -2.34. The lowest BCUT2D eigenvalue weighted by Crippen LogP contribution is -2.48. The summed E-state index contributed by atoms with van der Waals surface area (Å²) in [5.74, 6) is 0. The number of hydrogen-bond acceptors (Lipinski definition) is 4. The van der Waals surface area contributed by atoms with Crippen molar-refractivity contribution in [1.82, 2.24) is 19.0 Å². The molecule has 6 nitrogen and oxygen atoms in total. The molecular formula is C18H26Cl2N4O2S. The van der Waals surface area contributed by atoms with E-state index < -0.39 is 10.0 Å². The van der Waals surface area contributed by atoms with Gasteiger partial charge in [0, 0.05) is 55.5 Å². The van der Waals surface area contributed by atoms with Crippen LogP contribution in [-0.4, -0.2) is 53.6 Å². The molecule has 0 N–H and O–H groups in total. The molecule has 1 aliphatic heterocycles. The molecule has 27 heavy (non-hydrogen) atoms. The highest BCUT2D eigenvalue weighted by Crippen LogP contribution is 2.22. The van der Waals surface area contributed by atoms with Gasteiger partial charge in [-0.15, -0.1) is 12.4 Å². The summed E-state index contributed by atoms with van der Waals surface area (Å²) in [7, 11) is -3.49. The maximum absolute atomic E-state index is 12.8. The van der Waals surface area contributed by atoms with Gasteiger partial charge in [-0.3, -0.25) is 9.58 Å². The summed E-state index contributed by atoms with van der Waals surface area (Å²) >= 11 is 5.95. The van der Waals surface area contributed by atoms with Crippen molar-refractivity contribution >= 4 is 34.0 Å². The highest BCUT2D eigenvalue weighted by molar-refractivity contribution is 7.89. The Hall–Kier alpha value is -1.12. The molecule has 0 atom stereocenters. The van der Waals surface area contributed by atoms with Crippen molar-refractivity contribution in [3.63, 3.8) is 0 Å². The first-order valence-electron chi connectivity index (χ1n) is 8.84. The molecule has 1 aromatic carbocycles. The smallest absolute Gasteiger partial charge is 0.243 e. The topological polar surface area (TPSA) is 58.4 Å². The van der Waals surface area contributed by atoms with Crippen LogP contribution in [0.5, 0.6) is 0 Å². The SMILES string of the molecule is CCn1nc(C)c(CN2CCN(S(=O)(=O)c3cccc(Cl)c3)CC2)c1C.Cl. The van der Waals surface area contributed by atoms with Crippen LogP contribution in [0.3, 0.4) is 0 Å². The number of piperazine rings is 1. The van der Waals surface area contributed by atoms with Crippen LogP contribution < -0.4 is 0 Å². The van der Waals surface area contributed by atoms with Crippen molar-refractivity contribution in [2.75, 3.05) is 26.2 Å². The summed E-state index contributed by atoms with van der Waals surface area (Å²) in [6, 6.07) is 6.45. The highest BCUT2D eigenvalue weighted by Gasteiger charge is 2.29. The van der Waals surface area contributed by atoms with E-state index in [1.807, 2.05) is 11.6 Å². The first-order chi connectivity index (χ1) is 12.3. The molecule has 2 heterocycles. The Labute approximate surface area is 172 Å². The van der Waals surface area contributed by atoms with Crippen LogP contribution >= 0.6 is 24.0 Å². The van der Waals surface area contributed by atoms with Gasteiger partial charge in [0.05, 0.1) is 10.6 Å². The Morgan fingerprint density at radius 3 is 2.37 bits per heavy atom. The van der Waals surface area contributed by atoms with Crippen molar-refractivity contribution in [1.29, 1.82) is 0 Å². The molecular weight excluding hydrogens is 407 g/mol. The second-order valence-corrected chi connectivity index (χ2v) is 8.98. The molecule has 0 saturated carbocycles. The minimum Gasteiger partial charge on any atom is -0.296 e. The van der Waals surface area contributed by atoms with Crippen molar-refractivity contribution in [2.45, 2.75) is 38.8 Å². The van der Waals surface area contributed by atoms with E-state index in [1.54, 1.807) is 22.5 Å². The van der Waals surface area contributed by atoms with Gasteiger partial charge in [-0.2, -0.15) is 9.40 Å². The van der Waals surface area contributed by atoms with Gasteiger partial charge in [-0.25, -0.2) is 8.42 Å². The molecule has 0 spiro atoms. The number of halogens is 2. The van der Waals surface area contributed by atoms with E-state index in [4.69, 9.17) is 11.6 Å². The van der Waals surface area contributed by atoms with Crippen molar-refractivity contribution in [3.05, 3.63) is 46.2 Å². The average molecular weight is 433 g/mol. The zero-order valence-corrected chi connectivity index (χ0v) is 18.2.